The summed E-state index contributed by atoms with van der Waals surface area (Å²) in [7, 11) is 6.82. The molecule has 0 unspecified atom stereocenters. The molecule has 0 N–H and O–H groups in total. The van der Waals surface area contributed by atoms with E-state index in [1.807, 2.05) is 48.5 Å². The maximum absolute atomic E-state index is 6.81. The van der Waals surface area contributed by atoms with E-state index in [1.54, 1.807) is 35.5 Å². The normalized spacial score (nSPS) is 10.2. The highest BCUT2D eigenvalue weighted by atomic mass is 127. The van der Waals surface area contributed by atoms with Crippen LogP contribution in [0.4, 0.5) is 0 Å². The molecule has 172 valence electrons. The third kappa shape index (κ3) is 6.12. The fourth-order valence-corrected chi connectivity index (χ4v) is 6.18. The van der Waals surface area contributed by atoms with Gasteiger partial charge in [0.2, 0.25) is 0 Å². The van der Waals surface area contributed by atoms with Crippen molar-refractivity contribution in [3.63, 3.8) is 0 Å². The van der Waals surface area contributed by atoms with Crippen LogP contribution in [0.15, 0.2) is 54.6 Å². The van der Waals surface area contributed by atoms with Crippen molar-refractivity contribution >= 4 is 51.7 Å². The van der Waals surface area contributed by atoms with Crippen molar-refractivity contribution < 1.29 is 23.7 Å². The maximum atomic E-state index is 6.81. The number of hydrogen-bond donors (Lipinski definition) is 0. The Balaban J connectivity index is 0.000000303. The Morgan fingerprint density at radius 3 is 1.22 bits per heavy atom. The maximum Gasteiger partial charge on any atom is 0.132 e. The minimum atomic E-state index is -1.31. The van der Waals surface area contributed by atoms with Crippen molar-refractivity contribution in [2.45, 2.75) is 6.92 Å². The smallest absolute Gasteiger partial charge is 0.132 e. The van der Waals surface area contributed by atoms with E-state index in [0.29, 0.717) is 23.0 Å². The van der Waals surface area contributed by atoms with Gasteiger partial charge in [-0.25, -0.2) is 0 Å². The van der Waals surface area contributed by atoms with E-state index in [4.69, 9.17) is 34.9 Å². The van der Waals surface area contributed by atoms with Crippen molar-refractivity contribution in [2.24, 2.45) is 0 Å². The Morgan fingerprint density at radius 2 is 0.906 bits per heavy atom. The lowest BCUT2D eigenvalue weighted by molar-refractivity contribution is 0.399. The van der Waals surface area contributed by atoms with Crippen molar-refractivity contribution in [1.29, 1.82) is 0 Å². The highest BCUT2D eigenvalue weighted by molar-refractivity contribution is 14.1. The average molecular weight is 589 g/mol. The Kier molecular flexibility index (Phi) is 10.7. The zero-order valence-electron chi connectivity index (χ0n) is 18.9. The second-order valence-corrected chi connectivity index (χ2v) is 9.94. The topological polar surface area (TPSA) is 46.2 Å². The number of benzene rings is 3. The van der Waals surface area contributed by atoms with Crippen LogP contribution in [-0.4, -0.2) is 35.5 Å². The molecule has 5 nitrogen and oxygen atoms in total. The van der Waals surface area contributed by atoms with Crippen LogP contribution in [0.5, 0.6) is 28.7 Å². The molecule has 0 saturated carbocycles. The molecule has 0 atom stereocenters. The number of halogens is 2. The van der Waals surface area contributed by atoms with Gasteiger partial charge in [0.1, 0.15) is 28.7 Å². The molecule has 0 fully saturated rings. The molecule has 3 aromatic carbocycles. The van der Waals surface area contributed by atoms with Gasteiger partial charge in [0.15, 0.2) is 0 Å². The van der Waals surface area contributed by atoms with Crippen LogP contribution in [0, 0.1) is 10.5 Å². The summed E-state index contributed by atoms with van der Waals surface area (Å²) in [6.45, 7) is 2.07. The molecule has 32 heavy (non-hydrogen) atoms. The Hall–Kier alpha value is -1.89. The summed E-state index contributed by atoms with van der Waals surface area (Å²) in [5.74, 6) is 3.66. The van der Waals surface area contributed by atoms with Crippen LogP contribution in [0.1, 0.15) is 5.56 Å². The summed E-state index contributed by atoms with van der Waals surface area (Å²) in [5, 5.41) is 1.60. The molecule has 0 aliphatic heterocycles. The van der Waals surface area contributed by atoms with Crippen LogP contribution in [-0.2, 0) is 0 Å². The van der Waals surface area contributed by atoms with E-state index in [2.05, 4.69) is 35.6 Å². The van der Waals surface area contributed by atoms with Gasteiger partial charge in [-0.1, -0.05) is 35.5 Å². The van der Waals surface area contributed by atoms with E-state index in [1.165, 1.54) is 9.13 Å². The molecule has 8 heteroatoms. The summed E-state index contributed by atoms with van der Waals surface area (Å²) in [6, 6.07) is 17.2. The highest BCUT2D eigenvalue weighted by Crippen LogP contribution is 2.49. The van der Waals surface area contributed by atoms with E-state index in [0.717, 1.165) is 16.4 Å². The average Bonchev–Trinajstić information content (AvgIpc) is 2.84. The van der Waals surface area contributed by atoms with Gasteiger partial charge in [-0.15, -0.1) is 0 Å². The molecular weight excluding hydrogens is 562 g/mol. The molecule has 0 aliphatic carbocycles. The molecule has 0 spiro atoms. The number of rotatable bonds is 7. The number of aryl methyl sites for hydroxylation is 1. The molecule has 0 aliphatic rings. The van der Waals surface area contributed by atoms with E-state index in [-0.39, 0.29) is 0 Å². The third-order valence-electron chi connectivity index (χ3n) is 4.57. The van der Waals surface area contributed by atoms with E-state index < -0.39 is 7.27 Å². The summed E-state index contributed by atoms with van der Waals surface area (Å²) in [4.78, 5) is 0. The largest absolute Gasteiger partial charge is 0.496 e. The van der Waals surface area contributed by atoms with Crippen molar-refractivity contribution in [1.82, 2.24) is 0 Å². The lowest BCUT2D eigenvalue weighted by Gasteiger charge is -2.21. The monoisotopic (exact) mass is 588 g/mol. The van der Waals surface area contributed by atoms with Crippen LogP contribution < -0.4 is 34.3 Å². The Labute approximate surface area is 209 Å². The molecule has 0 radical (unpaired) electrons. The van der Waals surface area contributed by atoms with Gasteiger partial charge >= 0.3 is 0 Å². The molecule has 0 bridgehead atoms. The van der Waals surface area contributed by atoms with Crippen LogP contribution in [0.3, 0.4) is 0 Å². The van der Waals surface area contributed by atoms with Crippen LogP contribution in [0.2, 0.25) is 0 Å². The minimum Gasteiger partial charge on any atom is -0.496 e. The van der Waals surface area contributed by atoms with Gasteiger partial charge < -0.3 is 23.7 Å². The third-order valence-corrected chi connectivity index (χ3v) is 8.64. The Bertz CT molecular complexity index is 931. The lowest BCUT2D eigenvalue weighted by atomic mass is 10.2. The van der Waals surface area contributed by atoms with Gasteiger partial charge in [0, 0.05) is 0 Å². The summed E-state index contributed by atoms with van der Waals surface area (Å²) in [5.41, 5.74) is 1.26. The minimum absolute atomic E-state index is 0.674. The van der Waals surface area contributed by atoms with Gasteiger partial charge in [-0.3, -0.25) is 0 Å². The summed E-state index contributed by atoms with van der Waals surface area (Å²) in [6.07, 6.45) is 0. The van der Waals surface area contributed by atoms with Crippen LogP contribution >= 0.6 is 41.1 Å². The summed E-state index contributed by atoms with van der Waals surface area (Å²) >= 11 is 9.09. The van der Waals surface area contributed by atoms with Gasteiger partial charge in [-0.2, -0.15) is 0 Å². The predicted octanol–water partition coefficient (Wildman–Crippen LogP) is 5.92. The standard InChI is InChI=1S/C16H18ClO4P.C8H9IO/c1-18-11-7-5-8-12(19-2)15(11)22(17)16-13(20-3)9-6-10-14(16)21-4;1-6-4-3-5-7(10-2)8(6)9/h5-10H,1-4H3;3-5H,1-2H3. The van der Waals surface area contributed by atoms with Crippen molar-refractivity contribution in [3.8, 4) is 28.7 Å². The molecule has 0 aromatic heterocycles. The van der Waals surface area contributed by atoms with Crippen molar-refractivity contribution in [2.75, 3.05) is 35.5 Å². The molecular formula is C24H27ClIO5P. The van der Waals surface area contributed by atoms with Gasteiger partial charge in [-0.05, 0) is 65.4 Å². The van der Waals surface area contributed by atoms with Gasteiger partial charge in [0.25, 0.3) is 0 Å². The van der Waals surface area contributed by atoms with E-state index in [9.17, 15) is 0 Å². The number of ether oxygens (including phenoxy) is 5. The Morgan fingerprint density at radius 1 is 0.594 bits per heavy atom. The zero-order valence-corrected chi connectivity index (χ0v) is 22.7. The first-order valence-electron chi connectivity index (χ1n) is 9.60. The molecule has 3 rings (SSSR count). The second-order valence-electron chi connectivity index (χ2n) is 6.39. The first-order valence-corrected chi connectivity index (χ1v) is 12.9. The first-order chi connectivity index (χ1) is 15.4. The first kappa shape index (κ1) is 26.4. The van der Waals surface area contributed by atoms with Crippen LogP contribution in [0.25, 0.3) is 0 Å². The molecule has 3 aromatic rings. The molecule has 0 amide bonds. The van der Waals surface area contributed by atoms with E-state index >= 15 is 0 Å². The molecule has 0 heterocycles. The number of hydrogen-bond acceptors (Lipinski definition) is 5. The number of methoxy groups -OCH3 is 5. The molecule has 0 saturated heterocycles. The second kappa shape index (κ2) is 13.0. The highest BCUT2D eigenvalue weighted by Gasteiger charge is 2.26. The SMILES string of the molecule is COc1cccc(C)c1I.COc1cccc(OC)c1P(Cl)c1c(OC)cccc1OC. The zero-order chi connectivity index (χ0) is 23.7. The fraction of sp³-hybridized carbons (Fsp3) is 0.250. The predicted molar refractivity (Wildman–Crippen MR) is 142 cm³/mol. The van der Waals surface area contributed by atoms with Gasteiger partial charge in [0.05, 0.1) is 57.0 Å². The summed E-state index contributed by atoms with van der Waals surface area (Å²) < 4.78 is 28.1. The van der Waals surface area contributed by atoms with Crippen molar-refractivity contribution in [3.05, 3.63) is 63.7 Å². The fourth-order valence-electron chi connectivity index (χ4n) is 2.94. The lowest BCUT2D eigenvalue weighted by Crippen LogP contribution is -2.17. The quantitative estimate of drug-likeness (QED) is 0.254.